The fraction of sp³-hybridized carbons (Fsp3) is 0.286. The molecular formula is C21H18ClF3N4O. The highest BCUT2D eigenvalue weighted by atomic mass is 35.5. The second kappa shape index (κ2) is 7.75. The van der Waals surface area contributed by atoms with Gasteiger partial charge in [0.15, 0.2) is 5.78 Å². The largest absolute Gasteiger partial charge is 0.451 e. The number of alkyl halides is 3. The summed E-state index contributed by atoms with van der Waals surface area (Å²) in [7, 11) is 0. The lowest BCUT2D eigenvalue weighted by molar-refractivity contribution is -0.144. The van der Waals surface area contributed by atoms with E-state index < -0.39 is 12.0 Å². The third-order valence-corrected chi connectivity index (χ3v) is 5.32. The minimum Gasteiger partial charge on any atom is -0.368 e. The Labute approximate surface area is 176 Å². The van der Waals surface area contributed by atoms with Crippen LogP contribution >= 0.6 is 11.6 Å². The maximum absolute atomic E-state index is 13.4. The average Bonchev–Trinajstić information content (AvgIpc) is 2.72. The average molecular weight is 435 g/mol. The van der Waals surface area contributed by atoms with Crippen molar-refractivity contribution in [2.24, 2.45) is 0 Å². The zero-order chi connectivity index (χ0) is 21.5. The van der Waals surface area contributed by atoms with E-state index in [2.05, 4.69) is 14.9 Å². The minimum absolute atomic E-state index is 0.162. The van der Waals surface area contributed by atoms with Crippen molar-refractivity contribution in [2.45, 2.75) is 13.1 Å². The summed E-state index contributed by atoms with van der Waals surface area (Å²) >= 11 is 6.07. The van der Waals surface area contributed by atoms with Crippen molar-refractivity contribution < 1.29 is 18.0 Å². The van der Waals surface area contributed by atoms with Crippen molar-refractivity contribution in [1.29, 1.82) is 0 Å². The Morgan fingerprint density at radius 2 is 1.70 bits per heavy atom. The van der Waals surface area contributed by atoms with E-state index in [9.17, 15) is 18.0 Å². The van der Waals surface area contributed by atoms with Gasteiger partial charge in [-0.15, -0.1) is 0 Å². The second-order valence-electron chi connectivity index (χ2n) is 7.11. The number of hydrogen-bond acceptors (Lipinski definition) is 5. The number of hydrogen-bond donors (Lipinski definition) is 0. The van der Waals surface area contributed by atoms with E-state index in [1.165, 1.54) is 19.1 Å². The summed E-state index contributed by atoms with van der Waals surface area (Å²) in [5.41, 5.74) is 1.53. The number of carbonyl (C=O) groups excluding carboxylic acids is 1. The summed E-state index contributed by atoms with van der Waals surface area (Å²) in [5, 5.41) is 1.07. The van der Waals surface area contributed by atoms with Crippen LogP contribution in [0, 0.1) is 0 Å². The number of carbonyl (C=O) groups is 1. The predicted molar refractivity (Wildman–Crippen MR) is 110 cm³/mol. The van der Waals surface area contributed by atoms with Crippen molar-refractivity contribution >= 4 is 39.8 Å². The van der Waals surface area contributed by atoms with Crippen molar-refractivity contribution in [3.8, 4) is 0 Å². The van der Waals surface area contributed by atoms with E-state index >= 15 is 0 Å². The Morgan fingerprint density at radius 1 is 1.00 bits per heavy atom. The van der Waals surface area contributed by atoms with Gasteiger partial charge in [0, 0.05) is 47.8 Å². The number of piperazine rings is 1. The number of anilines is 2. The van der Waals surface area contributed by atoms with Gasteiger partial charge in [-0.1, -0.05) is 17.7 Å². The van der Waals surface area contributed by atoms with Crippen LogP contribution in [0.25, 0.3) is 10.9 Å². The second-order valence-corrected chi connectivity index (χ2v) is 7.55. The molecule has 1 aromatic heterocycles. The fourth-order valence-electron chi connectivity index (χ4n) is 3.55. The van der Waals surface area contributed by atoms with Gasteiger partial charge in [-0.3, -0.25) is 4.79 Å². The number of ketones is 1. The van der Waals surface area contributed by atoms with Crippen molar-refractivity contribution in [3.63, 3.8) is 0 Å². The van der Waals surface area contributed by atoms with E-state index in [0.29, 0.717) is 42.2 Å². The summed E-state index contributed by atoms with van der Waals surface area (Å²) < 4.78 is 40.1. The Bertz CT molecular complexity index is 1110. The number of aromatic nitrogens is 2. The monoisotopic (exact) mass is 434 g/mol. The molecule has 0 saturated carbocycles. The number of rotatable bonds is 3. The molecule has 9 heteroatoms. The van der Waals surface area contributed by atoms with E-state index in [-0.39, 0.29) is 17.1 Å². The summed E-state index contributed by atoms with van der Waals surface area (Å²) in [6.45, 7) is 3.55. The van der Waals surface area contributed by atoms with Crippen LogP contribution in [0.3, 0.4) is 0 Å². The van der Waals surface area contributed by atoms with Gasteiger partial charge in [0.2, 0.25) is 5.82 Å². The highest BCUT2D eigenvalue weighted by molar-refractivity contribution is 6.30. The van der Waals surface area contributed by atoms with E-state index in [0.717, 1.165) is 5.69 Å². The molecule has 4 rings (SSSR count). The maximum atomic E-state index is 13.4. The van der Waals surface area contributed by atoms with Crippen molar-refractivity contribution in [1.82, 2.24) is 9.97 Å². The van der Waals surface area contributed by atoms with Crippen LogP contribution in [0.15, 0.2) is 42.5 Å². The molecule has 156 valence electrons. The first-order chi connectivity index (χ1) is 14.2. The lowest BCUT2D eigenvalue weighted by Gasteiger charge is -2.37. The molecule has 1 aliphatic rings. The first-order valence-corrected chi connectivity index (χ1v) is 9.75. The van der Waals surface area contributed by atoms with Gasteiger partial charge >= 0.3 is 6.18 Å². The van der Waals surface area contributed by atoms with Crippen LogP contribution < -0.4 is 9.80 Å². The van der Waals surface area contributed by atoms with Gasteiger partial charge in [-0.2, -0.15) is 13.2 Å². The number of Topliss-reactive ketones (excluding diaryl/α,β-unsaturated/α-hetero) is 1. The molecule has 1 fully saturated rings. The molecule has 3 aromatic rings. The standard InChI is InChI=1S/C21H18ClF3N4O/c1-13(30)14-5-6-18-17(11-14)19(27-20(26-18)21(23,24)25)29-9-7-28(8-10-29)16-4-2-3-15(22)12-16/h2-6,11-12H,7-10H2,1H3. The number of benzene rings is 2. The van der Waals surface area contributed by atoms with Crippen LogP contribution in [0.2, 0.25) is 5.02 Å². The molecule has 0 bridgehead atoms. The lowest BCUT2D eigenvalue weighted by Crippen LogP contribution is -2.47. The van der Waals surface area contributed by atoms with Gasteiger partial charge in [0.1, 0.15) is 5.82 Å². The number of fused-ring (bicyclic) bond motifs is 1. The fourth-order valence-corrected chi connectivity index (χ4v) is 3.73. The van der Waals surface area contributed by atoms with Crippen LogP contribution in [0.4, 0.5) is 24.7 Å². The van der Waals surface area contributed by atoms with E-state index in [1.54, 1.807) is 12.1 Å². The van der Waals surface area contributed by atoms with Crippen LogP contribution in [0.1, 0.15) is 23.1 Å². The summed E-state index contributed by atoms with van der Waals surface area (Å²) in [6.07, 6.45) is -4.66. The molecule has 1 saturated heterocycles. The van der Waals surface area contributed by atoms with Gasteiger partial charge in [-0.25, -0.2) is 9.97 Å². The minimum atomic E-state index is -4.66. The topological polar surface area (TPSA) is 49.3 Å². The number of halogens is 4. The van der Waals surface area contributed by atoms with Crippen LogP contribution in [0.5, 0.6) is 0 Å². The molecule has 1 aliphatic heterocycles. The normalized spacial score (nSPS) is 15.0. The quantitative estimate of drug-likeness (QED) is 0.552. The zero-order valence-electron chi connectivity index (χ0n) is 16.1. The summed E-state index contributed by atoms with van der Waals surface area (Å²) in [4.78, 5) is 23.2. The highest BCUT2D eigenvalue weighted by Crippen LogP contribution is 2.33. The van der Waals surface area contributed by atoms with E-state index in [1.807, 2.05) is 23.1 Å². The third-order valence-electron chi connectivity index (χ3n) is 5.09. The Morgan fingerprint density at radius 3 is 2.33 bits per heavy atom. The molecule has 5 nitrogen and oxygen atoms in total. The van der Waals surface area contributed by atoms with E-state index in [4.69, 9.17) is 11.6 Å². The van der Waals surface area contributed by atoms with Crippen molar-refractivity contribution in [2.75, 3.05) is 36.0 Å². The summed E-state index contributed by atoms with van der Waals surface area (Å²) in [5.74, 6) is -1.16. The maximum Gasteiger partial charge on any atom is 0.451 e. The van der Waals surface area contributed by atoms with Gasteiger partial charge < -0.3 is 9.80 Å². The zero-order valence-corrected chi connectivity index (χ0v) is 16.8. The third kappa shape index (κ3) is 4.05. The molecular weight excluding hydrogens is 417 g/mol. The van der Waals surface area contributed by atoms with Crippen LogP contribution in [-0.4, -0.2) is 41.9 Å². The first-order valence-electron chi connectivity index (χ1n) is 9.38. The SMILES string of the molecule is CC(=O)c1ccc2nc(C(F)(F)F)nc(N3CCN(c4cccc(Cl)c4)CC3)c2c1. The Balaban J connectivity index is 1.70. The Hall–Kier alpha value is -2.87. The van der Waals surface area contributed by atoms with Gasteiger partial charge in [0.05, 0.1) is 5.52 Å². The van der Waals surface area contributed by atoms with Crippen LogP contribution in [-0.2, 0) is 6.18 Å². The first kappa shape index (κ1) is 20.4. The molecule has 0 unspecified atom stereocenters. The molecule has 0 N–H and O–H groups in total. The van der Waals surface area contributed by atoms with Crippen molar-refractivity contribution in [3.05, 3.63) is 58.9 Å². The molecule has 2 heterocycles. The highest BCUT2D eigenvalue weighted by Gasteiger charge is 2.36. The summed E-state index contributed by atoms with van der Waals surface area (Å²) in [6, 6.07) is 11.9. The molecule has 0 spiro atoms. The number of nitrogens with zero attached hydrogens (tertiary/aromatic N) is 4. The Kier molecular flexibility index (Phi) is 5.27. The molecule has 2 aromatic carbocycles. The lowest BCUT2D eigenvalue weighted by atomic mass is 10.1. The molecule has 0 atom stereocenters. The van der Waals surface area contributed by atoms with Gasteiger partial charge in [-0.05, 0) is 43.3 Å². The smallest absolute Gasteiger partial charge is 0.368 e. The molecule has 30 heavy (non-hydrogen) atoms. The predicted octanol–water partition coefficient (Wildman–Crippen LogP) is 4.83. The van der Waals surface area contributed by atoms with Gasteiger partial charge in [0.25, 0.3) is 0 Å². The molecule has 0 radical (unpaired) electrons. The molecule has 0 amide bonds. The molecule has 0 aliphatic carbocycles.